The number of carbonyl (C=O) groups excluding carboxylic acids is 1. The van der Waals surface area contributed by atoms with Crippen LogP contribution in [0.15, 0.2) is 36.7 Å². The van der Waals surface area contributed by atoms with Gasteiger partial charge in [0.2, 0.25) is 0 Å². The van der Waals surface area contributed by atoms with E-state index in [1.165, 1.54) is 0 Å². The standard InChI is InChI=1S/C16H20N4O/c1-12-3-5-13(6-4-12)16(21)20-10-7-17-11-14(20)15-18-8-9-19(15)2/h3-6,8-9,14,17H,7,10-11H2,1-2H3. The molecule has 5 heteroatoms. The Kier molecular flexibility index (Phi) is 3.75. The van der Waals surface area contributed by atoms with Crippen molar-refractivity contribution in [2.24, 2.45) is 7.05 Å². The minimum absolute atomic E-state index is 0.0208. The van der Waals surface area contributed by atoms with Crippen LogP contribution in [0.3, 0.4) is 0 Å². The van der Waals surface area contributed by atoms with E-state index >= 15 is 0 Å². The maximum Gasteiger partial charge on any atom is 0.254 e. The van der Waals surface area contributed by atoms with Gasteiger partial charge in [-0.25, -0.2) is 4.98 Å². The Balaban J connectivity index is 1.89. The van der Waals surface area contributed by atoms with Crippen LogP contribution in [0.1, 0.15) is 27.8 Å². The highest BCUT2D eigenvalue weighted by molar-refractivity contribution is 5.94. The molecule has 0 aliphatic carbocycles. The number of carbonyl (C=O) groups is 1. The smallest absolute Gasteiger partial charge is 0.254 e. The van der Waals surface area contributed by atoms with E-state index in [-0.39, 0.29) is 11.9 Å². The molecule has 0 bridgehead atoms. The number of nitrogens with one attached hydrogen (secondary N) is 1. The molecule has 21 heavy (non-hydrogen) atoms. The molecule has 0 radical (unpaired) electrons. The summed E-state index contributed by atoms with van der Waals surface area (Å²) in [6.07, 6.45) is 3.69. The number of piperazine rings is 1. The number of benzene rings is 1. The molecule has 1 aliphatic rings. The van der Waals surface area contributed by atoms with Gasteiger partial charge in [-0.15, -0.1) is 0 Å². The van der Waals surface area contributed by atoms with E-state index in [9.17, 15) is 4.79 Å². The van der Waals surface area contributed by atoms with Crippen LogP contribution in [-0.4, -0.2) is 40.0 Å². The summed E-state index contributed by atoms with van der Waals surface area (Å²) in [5.74, 6) is 0.993. The van der Waals surface area contributed by atoms with E-state index in [0.717, 1.165) is 30.0 Å². The van der Waals surface area contributed by atoms with Crippen LogP contribution in [0.4, 0.5) is 0 Å². The van der Waals surface area contributed by atoms with Crippen molar-refractivity contribution in [2.45, 2.75) is 13.0 Å². The molecule has 1 amide bonds. The molecule has 5 nitrogen and oxygen atoms in total. The number of hydrogen-bond acceptors (Lipinski definition) is 3. The molecule has 2 heterocycles. The predicted molar refractivity (Wildman–Crippen MR) is 81.0 cm³/mol. The third-order valence-corrected chi connectivity index (χ3v) is 3.96. The Morgan fingerprint density at radius 2 is 2.10 bits per heavy atom. The second kappa shape index (κ2) is 5.69. The van der Waals surface area contributed by atoms with Gasteiger partial charge in [0, 0.05) is 44.6 Å². The van der Waals surface area contributed by atoms with E-state index < -0.39 is 0 Å². The van der Waals surface area contributed by atoms with Gasteiger partial charge in [0.15, 0.2) is 0 Å². The van der Waals surface area contributed by atoms with E-state index in [1.807, 2.05) is 53.9 Å². The fraction of sp³-hybridized carbons (Fsp3) is 0.375. The summed E-state index contributed by atoms with van der Waals surface area (Å²) in [5, 5.41) is 3.35. The molecule has 3 rings (SSSR count). The van der Waals surface area contributed by atoms with Gasteiger partial charge >= 0.3 is 0 Å². The van der Waals surface area contributed by atoms with Crippen molar-refractivity contribution >= 4 is 5.91 Å². The largest absolute Gasteiger partial charge is 0.336 e. The van der Waals surface area contributed by atoms with Crippen LogP contribution >= 0.6 is 0 Å². The zero-order valence-electron chi connectivity index (χ0n) is 12.4. The van der Waals surface area contributed by atoms with Crippen LogP contribution in [-0.2, 0) is 7.05 Å². The average molecular weight is 284 g/mol. The SMILES string of the molecule is Cc1ccc(C(=O)N2CCNCC2c2nccn2C)cc1. The molecular weight excluding hydrogens is 264 g/mol. The quantitative estimate of drug-likeness (QED) is 0.909. The number of rotatable bonds is 2. The van der Waals surface area contributed by atoms with Gasteiger partial charge in [-0.05, 0) is 19.1 Å². The summed E-state index contributed by atoms with van der Waals surface area (Å²) in [6, 6.07) is 7.73. The predicted octanol–water partition coefficient (Wildman–Crippen LogP) is 1.52. The first-order valence-corrected chi connectivity index (χ1v) is 7.22. The zero-order chi connectivity index (χ0) is 14.8. The van der Waals surface area contributed by atoms with Gasteiger partial charge in [-0.1, -0.05) is 17.7 Å². The van der Waals surface area contributed by atoms with Gasteiger partial charge in [-0.2, -0.15) is 0 Å². The molecule has 1 atom stereocenters. The topological polar surface area (TPSA) is 50.2 Å². The minimum Gasteiger partial charge on any atom is -0.336 e. The van der Waals surface area contributed by atoms with Crippen molar-refractivity contribution in [3.63, 3.8) is 0 Å². The van der Waals surface area contributed by atoms with Crippen LogP contribution in [0.5, 0.6) is 0 Å². The van der Waals surface area contributed by atoms with Crippen molar-refractivity contribution in [3.8, 4) is 0 Å². The summed E-state index contributed by atoms with van der Waals surface area (Å²) < 4.78 is 1.98. The first kappa shape index (κ1) is 13.8. The Labute approximate surface area is 124 Å². The average Bonchev–Trinajstić information content (AvgIpc) is 2.93. The van der Waals surface area contributed by atoms with Gasteiger partial charge < -0.3 is 14.8 Å². The summed E-state index contributed by atoms with van der Waals surface area (Å²) in [7, 11) is 1.96. The fourth-order valence-electron chi connectivity index (χ4n) is 2.74. The molecule has 1 fully saturated rings. The Hall–Kier alpha value is -2.14. The summed E-state index contributed by atoms with van der Waals surface area (Å²) >= 11 is 0. The van der Waals surface area contributed by atoms with Crippen LogP contribution in [0, 0.1) is 6.92 Å². The van der Waals surface area contributed by atoms with E-state index in [4.69, 9.17) is 0 Å². The van der Waals surface area contributed by atoms with Crippen LogP contribution in [0.2, 0.25) is 0 Å². The highest BCUT2D eigenvalue weighted by Gasteiger charge is 2.30. The summed E-state index contributed by atoms with van der Waals surface area (Å²) in [5.41, 5.74) is 1.90. The normalized spacial score (nSPS) is 18.8. The molecule has 0 spiro atoms. The van der Waals surface area contributed by atoms with Gasteiger partial charge in [-0.3, -0.25) is 4.79 Å². The third kappa shape index (κ3) is 2.69. The zero-order valence-corrected chi connectivity index (χ0v) is 12.4. The van der Waals surface area contributed by atoms with Crippen molar-refractivity contribution < 1.29 is 4.79 Å². The molecule has 1 aromatic heterocycles. The van der Waals surface area contributed by atoms with Crippen LogP contribution in [0.25, 0.3) is 0 Å². The van der Waals surface area contributed by atoms with E-state index in [1.54, 1.807) is 6.20 Å². The monoisotopic (exact) mass is 284 g/mol. The Morgan fingerprint density at radius 1 is 1.33 bits per heavy atom. The first-order valence-electron chi connectivity index (χ1n) is 7.22. The lowest BCUT2D eigenvalue weighted by atomic mass is 10.1. The maximum absolute atomic E-state index is 12.8. The van der Waals surface area contributed by atoms with Crippen molar-refractivity contribution in [1.82, 2.24) is 19.8 Å². The number of imidazole rings is 1. The highest BCUT2D eigenvalue weighted by atomic mass is 16.2. The molecule has 1 aliphatic heterocycles. The van der Waals surface area contributed by atoms with Crippen molar-refractivity contribution in [1.29, 1.82) is 0 Å². The molecule has 1 aromatic carbocycles. The van der Waals surface area contributed by atoms with Crippen molar-refractivity contribution in [3.05, 3.63) is 53.6 Å². The van der Waals surface area contributed by atoms with Crippen molar-refractivity contribution in [2.75, 3.05) is 19.6 Å². The number of amides is 1. The molecule has 0 saturated carbocycles. The molecule has 1 saturated heterocycles. The fourth-order valence-corrected chi connectivity index (χ4v) is 2.74. The Morgan fingerprint density at radius 3 is 2.76 bits per heavy atom. The van der Waals surface area contributed by atoms with Crippen LogP contribution < -0.4 is 5.32 Å². The third-order valence-electron chi connectivity index (χ3n) is 3.96. The number of aromatic nitrogens is 2. The van der Waals surface area contributed by atoms with E-state index in [2.05, 4.69) is 10.3 Å². The van der Waals surface area contributed by atoms with Gasteiger partial charge in [0.25, 0.3) is 5.91 Å². The second-order valence-corrected chi connectivity index (χ2v) is 5.48. The lowest BCUT2D eigenvalue weighted by Crippen LogP contribution is -2.49. The summed E-state index contributed by atoms with van der Waals surface area (Å²) in [4.78, 5) is 19.1. The van der Waals surface area contributed by atoms with Gasteiger partial charge in [0.1, 0.15) is 11.9 Å². The molecule has 110 valence electrons. The number of nitrogens with zero attached hydrogens (tertiary/aromatic N) is 3. The lowest BCUT2D eigenvalue weighted by Gasteiger charge is -2.35. The maximum atomic E-state index is 12.8. The van der Waals surface area contributed by atoms with E-state index in [0.29, 0.717) is 6.54 Å². The summed E-state index contributed by atoms with van der Waals surface area (Å²) in [6.45, 7) is 4.28. The number of hydrogen-bond donors (Lipinski definition) is 1. The molecule has 2 aromatic rings. The molecule has 1 N–H and O–H groups in total. The highest BCUT2D eigenvalue weighted by Crippen LogP contribution is 2.22. The molecular formula is C16H20N4O. The number of aryl methyl sites for hydroxylation is 2. The minimum atomic E-state index is -0.0208. The molecule has 1 unspecified atom stereocenters. The Bertz CT molecular complexity index is 632. The first-order chi connectivity index (χ1) is 10.2. The second-order valence-electron chi connectivity index (χ2n) is 5.48. The lowest BCUT2D eigenvalue weighted by molar-refractivity contribution is 0.0621. The van der Waals surface area contributed by atoms with Gasteiger partial charge in [0.05, 0.1) is 0 Å².